The van der Waals surface area contributed by atoms with Crippen molar-refractivity contribution in [2.45, 2.75) is 25.1 Å². The number of amidine groups is 1. The summed E-state index contributed by atoms with van der Waals surface area (Å²) >= 11 is 0.775. The summed E-state index contributed by atoms with van der Waals surface area (Å²) in [4.78, 5) is 22.7. The lowest BCUT2D eigenvalue weighted by Crippen LogP contribution is -2.44. The highest BCUT2D eigenvalue weighted by molar-refractivity contribution is 7.19. The molecule has 2 atom stereocenters. The topological polar surface area (TPSA) is 136 Å². The molecule has 1 aromatic heterocycles. The molecule has 0 aliphatic carbocycles. The summed E-state index contributed by atoms with van der Waals surface area (Å²) < 4.78 is 42.5. The zero-order valence-electron chi connectivity index (χ0n) is 17.3. The highest BCUT2D eigenvalue weighted by Crippen LogP contribution is 2.33. The van der Waals surface area contributed by atoms with Gasteiger partial charge in [0.05, 0.1) is 17.8 Å². The number of likely N-dealkylation sites (tertiary alicyclic amines) is 1. The summed E-state index contributed by atoms with van der Waals surface area (Å²) in [6, 6.07) is 2.81. The van der Waals surface area contributed by atoms with E-state index in [4.69, 9.17) is 17.2 Å². The molecule has 0 saturated carbocycles. The molecular formula is C20H24F3N7OS. The number of nitrogens with two attached hydrogens (primary N) is 3. The second-order valence-corrected chi connectivity index (χ2v) is 8.21. The molecule has 172 valence electrons. The molecule has 8 nitrogen and oxygen atoms in total. The lowest BCUT2D eigenvalue weighted by Gasteiger charge is -2.27. The Bertz CT molecular complexity index is 1040. The van der Waals surface area contributed by atoms with Crippen molar-refractivity contribution in [1.29, 1.82) is 0 Å². The van der Waals surface area contributed by atoms with Gasteiger partial charge in [-0.2, -0.15) is 0 Å². The summed E-state index contributed by atoms with van der Waals surface area (Å²) in [5.74, 6) is -2.13. The molecule has 1 amide bonds. The summed E-state index contributed by atoms with van der Waals surface area (Å²) in [6.45, 7) is 0.472. The molecule has 1 aromatic carbocycles. The van der Waals surface area contributed by atoms with Gasteiger partial charge in [-0.1, -0.05) is 17.4 Å². The van der Waals surface area contributed by atoms with Crippen molar-refractivity contribution >= 4 is 28.1 Å². The number of aromatic nitrogens is 1. The number of aliphatic imine (C=N–C) groups is 1. The van der Waals surface area contributed by atoms with Crippen molar-refractivity contribution < 1.29 is 18.0 Å². The van der Waals surface area contributed by atoms with Gasteiger partial charge in [0.2, 0.25) is 0 Å². The maximum atomic E-state index is 14.3. The Kier molecular flexibility index (Phi) is 7.36. The highest BCUT2D eigenvalue weighted by Gasteiger charge is 2.28. The van der Waals surface area contributed by atoms with Crippen molar-refractivity contribution in [2.24, 2.45) is 16.5 Å². The van der Waals surface area contributed by atoms with Crippen molar-refractivity contribution in [3.63, 3.8) is 0 Å². The smallest absolute Gasteiger partial charge is 0.277 e. The molecule has 0 spiro atoms. The molecule has 0 unspecified atom stereocenters. The molecule has 3 rings (SSSR count). The van der Waals surface area contributed by atoms with Gasteiger partial charge in [0.25, 0.3) is 5.91 Å². The lowest BCUT2D eigenvalue weighted by atomic mass is 10.1. The normalized spacial score (nSPS) is 20.2. The van der Waals surface area contributed by atoms with Crippen LogP contribution in [0.1, 0.15) is 23.3 Å². The van der Waals surface area contributed by atoms with Crippen LogP contribution in [0.3, 0.4) is 0 Å². The lowest BCUT2D eigenvalue weighted by molar-refractivity contribution is 0.0963. The summed E-state index contributed by atoms with van der Waals surface area (Å²) in [7, 11) is 1.49. The van der Waals surface area contributed by atoms with Gasteiger partial charge >= 0.3 is 0 Å². The van der Waals surface area contributed by atoms with E-state index >= 15 is 0 Å². The van der Waals surface area contributed by atoms with E-state index in [-0.39, 0.29) is 39.3 Å². The van der Waals surface area contributed by atoms with E-state index in [9.17, 15) is 18.0 Å². The van der Waals surface area contributed by atoms with Crippen LogP contribution in [-0.2, 0) is 0 Å². The molecule has 32 heavy (non-hydrogen) atoms. The number of halogens is 3. The maximum absolute atomic E-state index is 14.3. The van der Waals surface area contributed by atoms with Crippen LogP contribution in [0, 0.1) is 11.6 Å². The Morgan fingerprint density at radius 1 is 1.38 bits per heavy atom. The molecule has 2 aromatic rings. The van der Waals surface area contributed by atoms with Gasteiger partial charge in [-0.25, -0.2) is 18.2 Å². The summed E-state index contributed by atoms with van der Waals surface area (Å²) in [6.07, 6.45) is 1.02. The SMILES string of the molecule is CN=C(/C(=C\N)NC(=O)c1nc(-c2c(F)cccc2F)sc1N)N1CCC[C@H](N)[C@H](F)C1. The number of nitrogens with zero attached hydrogens (tertiary/aromatic N) is 3. The van der Waals surface area contributed by atoms with E-state index < -0.39 is 29.8 Å². The van der Waals surface area contributed by atoms with E-state index in [2.05, 4.69) is 15.3 Å². The average Bonchev–Trinajstić information content (AvgIpc) is 3.05. The first-order valence-corrected chi connectivity index (χ1v) is 10.6. The van der Waals surface area contributed by atoms with Crippen LogP contribution >= 0.6 is 11.3 Å². The molecule has 0 radical (unpaired) electrons. The number of rotatable bonds is 4. The summed E-state index contributed by atoms with van der Waals surface area (Å²) in [5.41, 5.74) is 16.9. The van der Waals surface area contributed by atoms with Crippen LogP contribution in [0.5, 0.6) is 0 Å². The van der Waals surface area contributed by atoms with Crippen LogP contribution < -0.4 is 22.5 Å². The zero-order valence-corrected chi connectivity index (χ0v) is 18.1. The van der Waals surface area contributed by atoms with Gasteiger partial charge in [0.15, 0.2) is 5.69 Å². The number of nitrogens with one attached hydrogen (secondary N) is 1. The number of nitrogen functional groups attached to an aromatic ring is 1. The minimum Gasteiger partial charge on any atom is -0.403 e. The largest absolute Gasteiger partial charge is 0.403 e. The van der Waals surface area contributed by atoms with Crippen LogP contribution in [0.25, 0.3) is 10.6 Å². The number of carbonyl (C=O) groups is 1. The van der Waals surface area contributed by atoms with E-state index in [0.717, 1.165) is 29.7 Å². The first-order valence-electron chi connectivity index (χ1n) is 9.82. The molecule has 0 bridgehead atoms. The van der Waals surface area contributed by atoms with Gasteiger partial charge < -0.3 is 27.4 Å². The third kappa shape index (κ3) is 4.86. The van der Waals surface area contributed by atoms with E-state index in [1.807, 2.05) is 0 Å². The molecule has 1 fully saturated rings. The number of alkyl halides is 1. The third-order valence-electron chi connectivity index (χ3n) is 5.04. The fraction of sp³-hybridized carbons (Fsp3) is 0.350. The number of hydrogen-bond donors (Lipinski definition) is 4. The van der Waals surface area contributed by atoms with Gasteiger partial charge in [0, 0.05) is 25.8 Å². The first-order chi connectivity index (χ1) is 15.3. The minimum absolute atomic E-state index is 0.00337. The predicted octanol–water partition coefficient (Wildman–Crippen LogP) is 1.99. The molecule has 12 heteroatoms. The quantitative estimate of drug-likeness (QED) is 0.401. The van der Waals surface area contributed by atoms with Gasteiger partial charge in [-0.05, 0) is 25.0 Å². The fourth-order valence-electron chi connectivity index (χ4n) is 3.42. The van der Waals surface area contributed by atoms with Crippen molar-refractivity contribution in [1.82, 2.24) is 15.2 Å². The monoisotopic (exact) mass is 467 g/mol. The fourth-order valence-corrected chi connectivity index (χ4v) is 4.30. The van der Waals surface area contributed by atoms with Crippen molar-refractivity contribution in [2.75, 3.05) is 25.9 Å². The first kappa shape index (κ1) is 23.5. The van der Waals surface area contributed by atoms with Crippen LogP contribution in [0.15, 0.2) is 35.1 Å². The van der Waals surface area contributed by atoms with E-state index in [1.54, 1.807) is 4.90 Å². The predicted molar refractivity (Wildman–Crippen MR) is 119 cm³/mol. The number of thiazole rings is 1. The molecular weight excluding hydrogens is 443 g/mol. The molecule has 1 aliphatic rings. The Hall–Kier alpha value is -3.12. The number of anilines is 1. The number of benzene rings is 1. The van der Waals surface area contributed by atoms with E-state index in [0.29, 0.717) is 19.4 Å². The summed E-state index contributed by atoms with van der Waals surface area (Å²) in [5, 5.41) is 2.45. The van der Waals surface area contributed by atoms with Crippen LogP contribution in [0.2, 0.25) is 0 Å². The Morgan fingerprint density at radius 3 is 2.69 bits per heavy atom. The van der Waals surface area contributed by atoms with Crippen molar-refractivity contribution in [3.05, 3.63) is 47.4 Å². The Morgan fingerprint density at radius 2 is 2.06 bits per heavy atom. The standard InChI is InChI=1S/C20H24F3N7OS/c1-27-18(30-7-3-6-13(25)12(23)9-30)14(8-24)28-19(31)16-17(26)32-20(29-16)15-10(21)4-2-5-11(15)22/h2,4-5,8,12-13H,3,6-7,9,24-26H2,1H3,(H,28,31)/b14-8+,27-18?/t12-,13+/m1/s1. The minimum atomic E-state index is -1.27. The third-order valence-corrected chi connectivity index (χ3v) is 5.94. The number of hydrogen-bond acceptors (Lipinski definition) is 7. The average molecular weight is 468 g/mol. The van der Waals surface area contributed by atoms with Gasteiger partial charge in [0.1, 0.15) is 33.7 Å². The van der Waals surface area contributed by atoms with Crippen molar-refractivity contribution in [3.8, 4) is 10.6 Å². The van der Waals surface area contributed by atoms with Gasteiger partial charge in [-0.3, -0.25) is 9.79 Å². The second-order valence-electron chi connectivity index (χ2n) is 7.18. The van der Waals surface area contributed by atoms with E-state index in [1.165, 1.54) is 13.1 Å². The molecule has 7 N–H and O–H groups in total. The van der Waals surface area contributed by atoms with Crippen LogP contribution in [0.4, 0.5) is 18.2 Å². The zero-order chi connectivity index (χ0) is 23.4. The molecule has 2 heterocycles. The second kappa shape index (κ2) is 10.0. The van der Waals surface area contributed by atoms with Gasteiger partial charge in [-0.15, -0.1) is 0 Å². The van der Waals surface area contributed by atoms with Crippen LogP contribution in [-0.4, -0.2) is 54.0 Å². The number of amides is 1. The Balaban J connectivity index is 1.83. The molecule has 1 saturated heterocycles. The molecule has 1 aliphatic heterocycles. The highest BCUT2D eigenvalue weighted by atomic mass is 32.1. The Labute approximate surface area is 187 Å². The maximum Gasteiger partial charge on any atom is 0.277 e. The number of carbonyl (C=O) groups excluding carboxylic acids is 1.